The van der Waals surface area contributed by atoms with Crippen molar-refractivity contribution in [3.05, 3.63) is 41.7 Å². The number of aliphatic hydroxyl groups is 1. The van der Waals surface area contributed by atoms with Gasteiger partial charge in [-0.3, -0.25) is 4.18 Å². The molecule has 3 aliphatic rings. The van der Waals surface area contributed by atoms with Crippen LogP contribution < -0.4 is 10.5 Å². The Morgan fingerprint density at radius 1 is 1.21 bits per heavy atom. The predicted octanol–water partition coefficient (Wildman–Crippen LogP) is 1.75. The third-order valence-corrected chi connectivity index (χ3v) is 9.25. The van der Waals surface area contributed by atoms with E-state index in [0.717, 1.165) is 24.8 Å². The number of anilines is 1. The fourth-order valence-electron chi connectivity index (χ4n) is 6.75. The normalized spacial score (nSPS) is 25.2. The number of hydrogen-bond acceptors (Lipinski definition) is 11. The number of aliphatic hydroxyl groups excluding tert-OH is 1. The van der Waals surface area contributed by atoms with Crippen LogP contribution in [0.4, 0.5) is 15.0 Å². The number of nitrogens with zero attached hydrogens (tertiary/aromatic N) is 6. The van der Waals surface area contributed by atoms with E-state index < -0.39 is 35.1 Å². The Labute approximate surface area is 241 Å². The van der Waals surface area contributed by atoms with Crippen LogP contribution in [0, 0.1) is 5.92 Å². The summed E-state index contributed by atoms with van der Waals surface area (Å²) in [6.45, 7) is -0.107. The summed E-state index contributed by atoms with van der Waals surface area (Å²) in [7, 11) is -4.11. The molecule has 42 heavy (non-hydrogen) atoms. The van der Waals surface area contributed by atoms with Crippen LogP contribution >= 0.6 is 0 Å². The van der Waals surface area contributed by atoms with E-state index in [1.807, 2.05) is 12.1 Å². The maximum absolute atomic E-state index is 12.5. The second-order valence-electron chi connectivity index (χ2n) is 11.2. The molecule has 1 saturated heterocycles. The molecule has 4 atom stereocenters. The molecular weight excluding hydrogens is 571 g/mol. The number of nitrogens with two attached hydrogens (primary N) is 1. The van der Waals surface area contributed by atoms with Crippen molar-refractivity contribution in [2.24, 2.45) is 11.1 Å². The molecule has 0 bridgehead atoms. The molecule has 2 aromatic heterocycles. The first-order valence-electron chi connectivity index (χ1n) is 13.9. The van der Waals surface area contributed by atoms with Crippen LogP contribution in [0.2, 0.25) is 0 Å². The van der Waals surface area contributed by atoms with Crippen molar-refractivity contribution >= 4 is 33.4 Å². The van der Waals surface area contributed by atoms with Gasteiger partial charge in [-0.15, -0.1) is 5.10 Å². The first kappa shape index (κ1) is 28.6. The van der Waals surface area contributed by atoms with Gasteiger partial charge in [-0.25, -0.2) is 29.0 Å². The molecule has 1 aromatic carbocycles. The van der Waals surface area contributed by atoms with Gasteiger partial charge in [-0.2, -0.15) is 8.42 Å². The van der Waals surface area contributed by atoms with Gasteiger partial charge in [-0.05, 0) is 43.2 Å². The third kappa shape index (κ3) is 5.50. The number of likely N-dealkylation sites (tertiary alicyclic amines) is 1. The fraction of sp³-hybridized carbons (Fsp3) is 0.577. The van der Waals surface area contributed by atoms with Crippen molar-refractivity contribution in [1.29, 1.82) is 0 Å². The van der Waals surface area contributed by atoms with Crippen molar-refractivity contribution in [2.75, 3.05) is 38.3 Å². The highest BCUT2D eigenvalue weighted by Crippen LogP contribution is 2.51. The van der Waals surface area contributed by atoms with Gasteiger partial charge < -0.3 is 20.1 Å². The van der Waals surface area contributed by atoms with Crippen molar-refractivity contribution in [3.63, 3.8) is 0 Å². The molecule has 4 N–H and O–H groups in total. The lowest BCUT2D eigenvalue weighted by Gasteiger charge is -2.39. The van der Waals surface area contributed by atoms with Crippen LogP contribution in [0.1, 0.15) is 55.3 Å². The molecular formula is C26H33FN8O6S. The summed E-state index contributed by atoms with van der Waals surface area (Å²) in [6.07, 6.45) is 3.21. The van der Waals surface area contributed by atoms with Crippen molar-refractivity contribution in [3.8, 4) is 0 Å². The lowest BCUT2D eigenvalue weighted by atomic mass is 9.73. The minimum absolute atomic E-state index is 0.0671. The number of hydrogen-bond donors (Lipinski definition) is 3. The second-order valence-corrected chi connectivity index (χ2v) is 12.4. The van der Waals surface area contributed by atoms with E-state index >= 15 is 0 Å². The first-order chi connectivity index (χ1) is 20.2. The summed E-state index contributed by atoms with van der Waals surface area (Å²) >= 11 is 0. The Balaban J connectivity index is 1.19. The molecule has 6 rings (SSSR count). The molecule has 3 aromatic rings. The van der Waals surface area contributed by atoms with Crippen LogP contribution in [0.5, 0.6) is 0 Å². The number of piperidine rings is 1. The Bertz CT molecular complexity index is 1560. The van der Waals surface area contributed by atoms with E-state index in [-0.39, 0.29) is 30.7 Å². The molecule has 16 heteroatoms. The van der Waals surface area contributed by atoms with Gasteiger partial charge >= 0.3 is 16.4 Å². The predicted molar refractivity (Wildman–Crippen MR) is 147 cm³/mol. The number of aromatic nitrogens is 5. The lowest BCUT2D eigenvalue weighted by Crippen LogP contribution is -2.44. The Morgan fingerprint density at radius 2 is 2.00 bits per heavy atom. The van der Waals surface area contributed by atoms with Gasteiger partial charge in [0, 0.05) is 24.4 Å². The summed E-state index contributed by atoms with van der Waals surface area (Å²) in [5.74, 6) is 0.0955. The summed E-state index contributed by atoms with van der Waals surface area (Å²) in [5, 5.41) is 27.7. The summed E-state index contributed by atoms with van der Waals surface area (Å²) < 4.78 is 46.2. The van der Waals surface area contributed by atoms with E-state index in [2.05, 4.69) is 37.7 Å². The second kappa shape index (κ2) is 11.3. The van der Waals surface area contributed by atoms with Gasteiger partial charge in [0.05, 0.1) is 24.8 Å². The smallest absolute Gasteiger partial charge is 0.409 e. The fourth-order valence-corrected chi connectivity index (χ4v) is 7.11. The monoisotopic (exact) mass is 604 g/mol. The average Bonchev–Trinajstić information content (AvgIpc) is 3.65. The topological polar surface area (TPSA) is 188 Å². The number of halogens is 1. The zero-order valence-electron chi connectivity index (χ0n) is 22.8. The largest absolute Gasteiger partial charge is 0.447 e. The molecule has 0 unspecified atom stereocenters. The molecule has 0 radical (unpaired) electrons. The van der Waals surface area contributed by atoms with E-state index in [9.17, 15) is 22.7 Å². The van der Waals surface area contributed by atoms with Gasteiger partial charge in [0.25, 0.3) is 0 Å². The maximum Gasteiger partial charge on any atom is 0.409 e. The average molecular weight is 605 g/mol. The third-order valence-electron chi connectivity index (χ3n) is 8.78. The van der Waals surface area contributed by atoms with E-state index in [0.29, 0.717) is 42.9 Å². The zero-order chi connectivity index (χ0) is 29.5. The van der Waals surface area contributed by atoms with Crippen LogP contribution in [-0.2, 0) is 24.6 Å². The standard InChI is InChI=1S/C26H33FN8O6S/c27-7-10-40-25(37)34-8-5-26(6-9-34)13-20(18-3-1-2-4-19(18)26)31-23-22-24(30-15-29-23)35(33-32-22)17-11-16(21(36)12-17)14-41-42(28,38)39/h1-4,15-17,20-21,36H,5-14H2,(H2,28,38,39)(H,29,30,31)/t16-,17+,20-,21-/m0/s1. The van der Waals surface area contributed by atoms with Gasteiger partial charge in [-0.1, -0.05) is 29.5 Å². The van der Waals surface area contributed by atoms with Crippen molar-refractivity contribution < 1.29 is 31.6 Å². The molecule has 1 amide bonds. The first-order valence-corrected chi connectivity index (χ1v) is 15.4. The number of ether oxygens (including phenoxy) is 1. The van der Waals surface area contributed by atoms with Crippen LogP contribution in [0.3, 0.4) is 0 Å². The van der Waals surface area contributed by atoms with Gasteiger partial charge in [0.1, 0.15) is 19.6 Å². The molecule has 1 saturated carbocycles. The Morgan fingerprint density at radius 3 is 2.76 bits per heavy atom. The van der Waals surface area contributed by atoms with E-state index in [1.54, 1.807) is 9.58 Å². The quantitative estimate of drug-likeness (QED) is 0.340. The number of carbonyl (C=O) groups is 1. The molecule has 14 nitrogen and oxygen atoms in total. The number of fused-ring (bicyclic) bond motifs is 3. The highest BCUT2D eigenvalue weighted by Gasteiger charge is 2.46. The number of benzene rings is 1. The number of rotatable bonds is 8. The van der Waals surface area contributed by atoms with E-state index in [4.69, 9.17) is 14.1 Å². The lowest BCUT2D eigenvalue weighted by molar-refractivity contribution is 0.0775. The van der Waals surface area contributed by atoms with E-state index in [1.165, 1.54) is 11.9 Å². The molecule has 2 fully saturated rings. The summed E-state index contributed by atoms with van der Waals surface area (Å²) in [6, 6.07) is 7.94. The highest BCUT2D eigenvalue weighted by molar-refractivity contribution is 7.84. The summed E-state index contributed by atoms with van der Waals surface area (Å²) in [4.78, 5) is 22.8. The number of alkyl halides is 1. The van der Waals surface area contributed by atoms with Crippen LogP contribution in [-0.4, -0.2) is 88.6 Å². The van der Waals surface area contributed by atoms with Gasteiger partial charge in [0.2, 0.25) is 0 Å². The minimum atomic E-state index is -4.11. The number of nitrogens with one attached hydrogen (secondary N) is 1. The van der Waals surface area contributed by atoms with Crippen molar-refractivity contribution in [1.82, 2.24) is 29.9 Å². The van der Waals surface area contributed by atoms with Crippen LogP contribution in [0.15, 0.2) is 30.6 Å². The molecule has 3 heterocycles. The molecule has 1 spiro atoms. The summed E-state index contributed by atoms with van der Waals surface area (Å²) in [5.41, 5.74) is 3.24. The SMILES string of the molecule is NS(=O)(=O)OC[C@@H]1C[C@@H](n2nnc3c(N[C@H]4CC5(CCN(C(=O)OCCF)CC5)c5ccccc54)ncnc32)C[C@@H]1O. The molecule has 226 valence electrons. The molecule has 2 aliphatic carbocycles. The Hall–Kier alpha value is -3.47. The zero-order valence-corrected chi connectivity index (χ0v) is 23.6. The highest BCUT2D eigenvalue weighted by atomic mass is 32.2. The Kier molecular flexibility index (Phi) is 7.72. The molecule has 1 aliphatic heterocycles. The van der Waals surface area contributed by atoms with Gasteiger partial charge in [0.15, 0.2) is 17.0 Å². The number of amides is 1. The minimum Gasteiger partial charge on any atom is -0.447 e. The maximum atomic E-state index is 12.5. The number of carbonyl (C=O) groups excluding carboxylic acids is 1. The van der Waals surface area contributed by atoms with Crippen LogP contribution in [0.25, 0.3) is 11.2 Å². The van der Waals surface area contributed by atoms with Crippen molar-refractivity contribution in [2.45, 2.75) is 55.7 Å².